The van der Waals surface area contributed by atoms with Gasteiger partial charge < -0.3 is 9.80 Å². The maximum absolute atomic E-state index is 13.5. The summed E-state index contributed by atoms with van der Waals surface area (Å²) < 4.78 is 42.1. The summed E-state index contributed by atoms with van der Waals surface area (Å²) in [6, 6.07) is 14.3. The van der Waals surface area contributed by atoms with Crippen LogP contribution >= 0.6 is 11.8 Å². The monoisotopic (exact) mass is 599 g/mol. The minimum absolute atomic E-state index is 0.00563. The van der Waals surface area contributed by atoms with Gasteiger partial charge in [0.05, 0.1) is 11.3 Å². The maximum Gasteiger partial charge on any atom is 0.416 e. The molecule has 2 heterocycles. The lowest BCUT2D eigenvalue weighted by atomic mass is 9.88. The van der Waals surface area contributed by atoms with E-state index in [1.165, 1.54) is 24.2 Å². The van der Waals surface area contributed by atoms with Crippen molar-refractivity contribution in [1.82, 2.24) is 24.6 Å². The van der Waals surface area contributed by atoms with Crippen LogP contribution in [0.15, 0.2) is 59.8 Å². The molecule has 0 bridgehead atoms. The molecule has 1 saturated heterocycles. The van der Waals surface area contributed by atoms with E-state index in [9.17, 15) is 22.8 Å². The van der Waals surface area contributed by atoms with Crippen LogP contribution in [-0.4, -0.2) is 67.8 Å². The second-order valence-electron chi connectivity index (χ2n) is 11.1. The molecular weight excluding hydrogens is 563 g/mol. The normalized spacial score (nSPS) is 18.3. The van der Waals surface area contributed by atoms with Gasteiger partial charge in [0.25, 0.3) is 0 Å². The van der Waals surface area contributed by atoms with Crippen LogP contribution in [0.4, 0.5) is 13.2 Å². The molecule has 1 unspecified atom stereocenters. The Morgan fingerprint density at radius 3 is 2.45 bits per heavy atom. The van der Waals surface area contributed by atoms with Crippen LogP contribution in [0.1, 0.15) is 57.4 Å². The SMILES string of the molecule is CC1CN(C(=O)CCCSc2nnc(-c3ccccc3)n2-c2cccc(C(F)(F)F)c2)CCN1C(=O)C1CCCCC1. The summed E-state index contributed by atoms with van der Waals surface area (Å²) in [6.07, 6.45) is 1.83. The van der Waals surface area contributed by atoms with Gasteiger partial charge >= 0.3 is 6.18 Å². The predicted octanol–water partition coefficient (Wildman–Crippen LogP) is 6.47. The van der Waals surface area contributed by atoms with Gasteiger partial charge in [-0.2, -0.15) is 13.2 Å². The van der Waals surface area contributed by atoms with Crippen LogP contribution in [0.2, 0.25) is 0 Å². The minimum Gasteiger partial charge on any atom is -0.339 e. The van der Waals surface area contributed by atoms with Crippen molar-refractivity contribution in [2.45, 2.75) is 69.2 Å². The van der Waals surface area contributed by atoms with Crippen molar-refractivity contribution in [2.75, 3.05) is 25.4 Å². The number of aromatic nitrogens is 3. The number of amides is 2. The summed E-state index contributed by atoms with van der Waals surface area (Å²) in [4.78, 5) is 29.8. The summed E-state index contributed by atoms with van der Waals surface area (Å²) in [7, 11) is 0. The van der Waals surface area contributed by atoms with Crippen LogP contribution in [0, 0.1) is 5.92 Å². The zero-order valence-corrected chi connectivity index (χ0v) is 24.5. The fraction of sp³-hybridized carbons (Fsp3) is 0.484. The molecule has 0 radical (unpaired) electrons. The van der Waals surface area contributed by atoms with Crippen molar-refractivity contribution in [3.63, 3.8) is 0 Å². The number of thioether (sulfide) groups is 1. The highest BCUT2D eigenvalue weighted by atomic mass is 32.2. The van der Waals surface area contributed by atoms with Gasteiger partial charge in [0.2, 0.25) is 11.8 Å². The molecule has 7 nitrogen and oxygen atoms in total. The number of rotatable bonds is 8. The molecule has 1 aromatic heterocycles. The average molecular weight is 600 g/mol. The van der Waals surface area contributed by atoms with Crippen molar-refractivity contribution < 1.29 is 22.8 Å². The molecular formula is C31H36F3N5O2S. The summed E-state index contributed by atoms with van der Waals surface area (Å²) in [5.74, 6) is 1.42. The third-order valence-corrected chi connectivity index (χ3v) is 9.10. The first kappa shape index (κ1) is 30.1. The van der Waals surface area contributed by atoms with Crippen LogP contribution in [0.5, 0.6) is 0 Å². The molecule has 2 fully saturated rings. The van der Waals surface area contributed by atoms with Gasteiger partial charge in [-0.05, 0) is 44.4 Å². The quantitative estimate of drug-likeness (QED) is 0.219. The molecule has 2 aromatic carbocycles. The molecule has 5 rings (SSSR count). The third kappa shape index (κ3) is 6.99. The van der Waals surface area contributed by atoms with Crippen molar-refractivity contribution in [2.24, 2.45) is 5.92 Å². The number of halogens is 3. The first-order chi connectivity index (χ1) is 20.2. The highest BCUT2D eigenvalue weighted by Crippen LogP contribution is 2.34. The molecule has 2 amide bonds. The molecule has 11 heteroatoms. The lowest BCUT2D eigenvalue weighted by molar-refractivity contribution is -0.146. The van der Waals surface area contributed by atoms with Crippen molar-refractivity contribution in [3.05, 3.63) is 60.2 Å². The number of benzene rings is 2. The van der Waals surface area contributed by atoms with E-state index in [4.69, 9.17) is 0 Å². The molecule has 2 aliphatic rings. The lowest BCUT2D eigenvalue weighted by Gasteiger charge is -2.41. The van der Waals surface area contributed by atoms with Gasteiger partial charge in [-0.3, -0.25) is 14.2 Å². The zero-order chi connectivity index (χ0) is 29.7. The van der Waals surface area contributed by atoms with Crippen LogP contribution < -0.4 is 0 Å². The Hall–Kier alpha value is -3.34. The van der Waals surface area contributed by atoms with E-state index in [0.29, 0.717) is 54.9 Å². The Bertz CT molecular complexity index is 1370. The number of carbonyl (C=O) groups is 2. The number of carbonyl (C=O) groups excluding carboxylic acids is 2. The van der Waals surface area contributed by atoms with Gasteiger partial charge in [-0.15, -0.1) is 10.2 Å². The van der Waals surface area contributed by atoms with E-state index in [2.05, 4.69) is 10.2 Å². The summed E-state index contributed by atoms with van der Waals surface area (Å²) >= 11 is 1.36. The van der Waals surface area contributed by atoms with E-state index in [1.54, 1.807) is 10.6 Å². The fourth-order valence-corrected chi connectivity index (χ4v) is 6.72. The van der Waals surface area contributed by atoms with Gasteiger partial charge in [0.1, 0.15) is 0 Å². The Morgan fingerprint density at radius 1 is 0.976 bits per heavy atom. The summed E-state index contributed by atoms with van der Waals surface area (Å²) in [6.45, 7) is 3.66. The highest BCUT2D eigenvalue weighted by molar-refractivity contribution is 7.99. The second-order valence-corrected chi connectivity index (χ2v) is 12.1. The highest BCUT2D eigenvalue weighted by Gasteiger charge is 2.34. The topological polar surface area (TPSA) is 71.3 Å². The standard InChI is InChI=1S/C31H36F3N5O2S/c1-22-21-37(17-18-38(22)29(41)24-12-6-3-7-13-24)27(40)16-9-19-42-30-36-35-28(23-10-4-2-5-11-23)39(30)26-15-8-14-25(20-26)31(32,33)34/h2,4-5,8,10-11,14-15,20,22,24H,3,6-7,9,12-13,16-19,21H2,1H3. The van der Waals surface area contributed by atoms with Gasteiger partial charge in [0.15, 0.2) is 11.0 Å². The average Bonchev–Trinajstić information content (AvgIpc) is 3.43. The summed E-state index contributed by atoms with van der Waals surface area (Å²) in [5, 5.41) is 9.07. The molecule has 224 valence electrons. The Morgan fingerprint density at radius 2 is 1.74 bits per heavy atom. The molecule has 0 N–H and O–H groups in total. The first-order valence-electron chi connectivity index (χ1n) is 14.6. The van der Waals surface area contributed by atoms with Crippen molar-refractivity contribution >= 4 is 23.6 Å². The van der Waals surface area contributed by atoms with Crippen LogP contribution in [0.25, 0.3) is 17.1 Å². The van der Waals surface area contributed by atoms with Crippen molar-refractivity contribution in [1.29, 1.82) is 0 Å². The Balaban J connectivity index is 1.20. The minimum atomic E-state index is -4.48. The first-order valence-corrected chi connectivity index (χ1v) is 15.6. The molecule has 1 saturated carbocycles. The van der Waals surface area contributed by atoms with E-state index in [-0.39, 0.29) is 23.8 Å². The maximum atomic E-state index is 13.5. The van der Waals surface area contributed by atoms with Gasteiger partial charge in [-0.25, -0.2) is 0 Å². The molecule has 0 spiro atoms. The molecule has 1 atom stereocenters. The zero-order valence-electron chi connectivity index (χ0n) is 23.7. The molecule has 3 aromatic rings. The number of piperazine rings is 1. The Labute approximate surface area is 248 Å². The number of alkyl halides is 3. The lowest BCUT2D eigenvalue weighted by Crippen LogP contribution is -2.56. The largest absolute Gasteiger partial charge is 0.416 e. The molecule has 42 heavy (non-hydrogen) atoms. The van der Waals surface area contributed by atoms with Crippen LogP contribution in [0.3, 0.4) is 0 Å². The van der Waals surface area contributed by atoms with E-state index < -0.39 is 11.7 Å². The smallest absolute Gasteiger partial charge is 0.339 e. The predicted molar refractivity (Wildman–Crippen MR) is 156 cm³/mol. The van der Waals surface area contributed by atoms with E-state index in [1.807, 2.05) is 47.1 Å². The number of nitrogens with zero attached hydrogens (tertiary/aromatic N) is 5. The van der Waals surface area contributed by atoms with Gasteiger partial charge in [0, 0.05) is 49.3 Å². The van der Waals surface area contributed by atoms with E-state index in [0.717, 1.165) is 43.4 Å². The number of hydrogen-bond donors (Lipinski definition) is 0. The third-order valence-electron chi connectivity index (χ3n) is 8.08. The molecule has 1 aliphatic carbocycles. The number of hydrogen-bond acceptors (Lipinski definition) is 5. The van der Waals surface area contributed by atoms with E-state index >= 15 is 0 Å². The second kappa shape index (κ2) is 13.3. The van der Waals surface area contributed by atoms with Crippen molar-refractivity contribution in [3.8, 4) is 17.1 Å². The summed E-state index contributed by atoms with van der Waals surface area (Å²) in [5.41, 5.74) is 0.311. The van der Waals surface area contributed by atoms with Crippen LogP contribution in [-0.2, 0) is 15.8 Å². The van der Waals surface area contributed by atoms with Gasteiger partial charge in [-0.1, -0.05) is 67.4 Å². The molecule has 1 aliphatic heterocycles. The Kier molecular flexibility index (Phi) is 9.55. The fourth-order valence-electron chi connectivity index (χ4n) is 5.83.